The molecule has 0 spiro atoms. The highest BCUT2D eigenvalue weighted by Crippen LogP contribution is 2.26. The lowest BCUT2D eigenvalue weighted by molar-refractivity contribution is 0.172. The van der Waals surface area contributed by atoms with Gasteiger partial charge in [-0.1, -0.05) is 35.0 Å². The Bertz CT molecular complexity index is 1240. The topological polar surface area (TPSA) is 105 Å². The number of aromatic amines is 1. The van der Waals surface area contributed by atoms with Crippen LogP contribution >= 0.6 is 15.9 Å². The minimum atomic E-state index is -0.127. The average Bonchev–Trinajstić information content (AvgIpc) is 3.31. The molecule has 9 nitrogen and oxygen atoms in total. The van der Waals surface area contributed by atoms with Crippen LogP contribution in [-0.2, 0) is 13.1 Å². The Hall–Kier alpha value is -2.95. The Kier molecular flexibility index (Phi) is 7.58. The highest BCUT2D eigenvalue weighted by Gasteiger charge is 2.25. The smallest absolute Gasteiger partial charge is 0.265 e. The Morgan fingerprint density at radius 3 is 2.76 bits per heavy atom. The fourth-order valence-corrected chi connectivity index (χ4v) is 4.22. The molecule has 10 heteroatoms. The van der Waals surface area contributed by atoms with Crippen molar-refractivity contribution in [3.05, 3.63) is 81.0 Å². The summed E-state index contributed by atoms with van der Waals surface area (Å²) in [7, 11) is 1.94. The molecule has 4 aromatic rings. The van der Waals surface area contributed by atoms with Crippen molar-refractivity contribution in [2.24, 2.45) is 0 Å². The van der Waals surface area contributed by atoms with Gasteiger partial charge in [-0.25, -0.2) is 15.0 Å². The summed E-state index contributed by atoms with van der Waals surface area (Å²) >= 11 is 3.51. The van der Waals surface area contributed by atoms with Crippen LogP contribution in [0.1, 0.15) is 36.5 Å². The third kappa shape index (κ3) is 5.35. The Labute approximate surface area is 200 Å². The lowest BCUT2D eigenvalue weighted by Crippen LogP contribution is -2.38. The molecule has 1 aromatic carbocycles. The molecule has 3 heterocycles. The zero-order valence-electron chi connectivity index (χ0n) is 18.7. The quantitative estimate of drug-likeness (QED) is 0.338. The van der Waals surface area contributed by atoms with Crippen molar-refractivity contribution in [3.8, 4) is 0 Å². The van der Waals surface area contributed by atoms with Crippen molar-refractivity contribution in [2.75, 3.05) is 20.1 Å². The SMILES string of the molecule is CCC(c1nc2[nH]ncc2c(=O)n1Cc1ccncn1)N(CCNC)Cc1ccc(Br)cc1. The zero-order valence-corrected chi connectivity index (χ0v) is 20.3. The molecular formula is C23H27BrN8O. The van der Waals surface area contributed by atoms with Crippen molar-refractivity contribution in [1.29, 1.82) is 0 Å². The first-order chi connectivity index (χ1) is 16.1. The molecule has 2 N–H and O–H groups in total. The predicted octanol–water partition coefficient (Wildman–Crippen LogP) is 2.89. The summed E-state index contributed by atoms with van der Waals surface area (Å²) in [6, 6.07) is 10.1. The lowest BCUT2D eigenvalue weighted by Gasteiger charge is -2.32. The van der Waals surface area contributed by atoms with Crippen LogP contribution in [0.25, 0.3) is 11.0 Å². The average molecular weight is 511 g/mol. The Balaban J connectivity index is 1.78. The van der Waals surface area contributed by atoms with Crippen LogP contribution in [-0.4, -0.2) is 54.8 Å². The monoisotopic (exact) mass is 510 g/mol. The molecule has 1 atom stereocenters. The summed E-state index contributed by atoms with van der Waals surface area (Å²) < 4.78 is 2.77. The van der Waals surface area contributed by atoms with E-state index < -0.39 is 0 Å². The second kappa shape index (κ2) is 10.8. The van der Waals surface area contributed by atoms with Crippen LogP contribution in [0.15, 0.2) is 58.3 Å². The van der Waals surface area contributed by atoms with E-state index in [1.807, 2.05) is 25.2 Å². The zero-order chi connectivity index (χ0) is 23.2. The van der Waals surface area contributed by atoms with E-state index in [-0.39, 0.29) is 11.6 Å². The van der Waals surface area contributed by atoms with Crippen molar-refractivity contribution in [1.82, 2.24) is 39.9 Å². The van der Waals surface area contributed by atoms with E-state index in [1.165, 1.54) is 18.1 Å². The standard InChI is InChI=1S/C23H27BrN8O/c1-3-20(31(11-10-25-2)13-16-4-6-17(24)7-5-16)22-29-21-19(12-28-30-21)23(33)32(22)14-18-8-9-26-15-27-18/h4-9,12,15,20,25H,3,10-11,13-14H2,1-2H3,(H,28,30). The number of H-pyrrole nitrogens is 1. The number of benzene rings is 1. The van der Waals surface area contributed by atoms with Gasteiger partial charge >= 0.3 is 0 Å². The highest BCUT2D eigenvalue weighted by atomic mass is 79.9. The number of nitrogens with zero attached hydrogens (tertiary/aromatic N) is 6. The van der Waals surface area contributed by atoms with E-state index in [9.17, 15) is 4.79 Å². The van der Waals surface area contributed by atoms with Crippen molar-refractivity contribution in [3.63, 3.8) is 0 Å². The number of hydrogen-bond acceptors (Lipinski definition) is 7. The summed E-state index contributed by atoms with van der Waals surface area (Å²) in [5.41, 5.74) is 2.32. The maximum absolute atomic E-state index is 13.5. The first-order valence-corrected chi connectivity index (χ1v) is 11.7. The van der Waals surface area contributed by atoms with E-state index in [2.05, 4.69) is 65.4 Å². The number of fused-ring (bicyclic) bond motifs is 1. The van der Waals surface area contributed by atoms with Gasteiger partial charge in [-0.2, -0.15) is 5.10 Å². The number of halogens is 1. The molecule has 33 heavy (non-hydrogen) atoms. The summed E-state index contributed by atoms with van der Waals surface area (Å²) in [6.07, 6.45) is 5.50. The van der Waals surface area contributed by atoms with Gasteiger partial charge in [0.1, 0.15) is 17.5 Å². The minimum absolute atomic E-state index is 0.0794. The third-order valence-electron chi connectivity index (χ3n) is 5.63. The highest BCUT2D eigenvalue weighted by molar-refractivity contribution is 9.10. The van der Waals surface area contributed by atoms with Gasteiger partial charge in [0.15, 0.2) is 5.65 Å². The summed E-state index contributed by atoms with van der Waals surface area (Å²) in [4.78, 5) is 29.0. The molecule has 0 aliphatic heterocycles. The second-order valence-corrected chi connectivity index (χ2v) is 8.73. The normalized spacial score (nSPS) is 12.5. The van der Waals surface area contributed by atoms with Gasteiger partial charge in [-0.15, -0.1) is 0 Å². The fourth-order valence-electron chi connectivity index (χ4n) is 3.96. The van der Waals surface area contributed by atoms with Crippen LogP contribution in [0, 0.1) is 0 Å². The first-order valence-electron chi connectivity index (χ1n) is 10.9. The number of hydrogen-bond donors (Lipinski definition) is 2. The minimum Gasteiger partial charge on any atom is -0.318 e. The maximum Gasteiger partial charge on any atom is 0.265 e. The molecule has 1 unspecified atom stereocenters. The van der Waals surface area contributed by atoms with Gasteiger partial charge in [0.2, 0.25) is 0 Å². The number of nitrogens with one attached hydrogen (secondary N) is 2. The molecule has 0 saturated carbocycles. The van der Waals surface area contributed by atoms with Gasteiger partial charge in [0, 0.05) is 30.3 Å². The molecule has 0 radical (unpaired) electrons. The molecule has 0 fully saturated rings. The molecule has 0 saturated heterocycles. The fraction of sp³-hybridized carbons (Fsp3) is 0.348. The van der Waals surface area contributed by atoms with Gasteiger partial charge in [0.05, 0.1) is 24.5 Å². The van der Waals surface area contributed by atoms with Crippen molar-refractivity contribution < 1.29 is 0 Å². The van der Waals surface area contributed by atoms with Gasteiger partial charge in [-0.05, 0) is 37.2 Å². The van der Waals surface area contributed by atoms with Gasteiger partial charge < -0.3 is 5.32 Å². The van der Waals surface area contributed by atoms with E-state index >= 15 is 0 Å². The van der Waals surface area contributed by atoms with Crippen LogP contribution in [0.3, 0.4) is 0 Å². The van der Waals surface area contributed by atoms with Crippen molar-refractivity contribution in [2.45, 2.75) is 32.5 Å². The number of rotatable bonds is 10. The van der Waals surface area contributed by atoms with E-state index in [0.717, 1.165) is 36.2 Å². The van der Waals surface area contributed by atoms with Gasteiger partial charge in [-0.3, -0.25) is 19.4 Å². The Morgan fingerprint density at radius 1 is 1.24 bits per heavy atom. The van der Waals surface area contributed by atoms with E-state index in [1.54, 1.807) is 10.8 Å². The third-order valence-corrected chi connectivity index (χ3v) is 6.16. The maximum atomic E-state index is 13.5. The molecule has 0 aliphatic carbocycles. The summed E-state index contributed by atoms with van der Waals surface area (Å²) in [5.74, 6) is 0.700. The van der Waals surface area contributed by atoms with Crippen LogP contribution < -0.4 is 10.9 Å². The molecule has 0 bridgehead atoms. The van der Waals surface area contributed by atoms with Crippen LogP contribution in [0.4, 0.5) is 0 Å². The Morgan fingerprint density at radius 2 is 2.06 bits per heavy atom. The molecular weight excluding hydrogens is 484 g/mol. The number of likely N-dealkylation sites (N-methyl/N-ethyl adjacent to an activating group) is 1. The summed E-state index contributed by atoms with van der Waals surface area (Å²) in [5, 5.41) is 10.6. The van der Waals surface area contributed by atoms with Gasteiger partial charge in [0.25, 0.3) is 5.56 Å². The molecule has 0 aliphatic rings. The second-order valence-electron chi connectivity index (χ2n) is 7.82. The number of aromatic nitrogens is 6. The summed E-state index contributed by atoms with van der Waals surface area (Å²) in [6.45, 7) is 4.79. The molecule has 4 rings (SSSR count). The van der Waals surface area contributed by atoms with Crippen LogP contribution in [0.2, 0.25) is 0 Å². The largest absolute Gasteiger partial charge is 0.318 e. The van der Waals surface area contributed by atoms with Crippen LogP contribution in [0.5, 0.6) is 0 Å². The predicted molar refractivity (Wildman–Crippen MR) is 131 cm³/mol. The molecule has 172 valence electrons. The molecule has 3 aromatic heterocycles. The molecule has 0 amide bonds. The first kappa shape index (κ1) is 23.2. The van der Waals surface area contributed by atoms with E-state index in [0.29, 0.717) is 23.4 Å². The lowest BCUT2D eigenvalue weighted by atomic mass is 10.1. The van der Waals surface area contributed by atoms with E-state index in [4.69, 9.17) is 4.98 Å². The van der Waals surface area contributed by atoms with Crippen molar-refractivity contribution >= 4 is 27.0 Å².